The average Bonchev–Trinajstić information content (AvgIpc) is 3.29. The second-order valence-corrected chi connectivity index (χ2v) is 6.50. The third kappa shape index (κ3) is 3.43. The van der Waals surface area contributed by atoms with Crippen molar-refractivity contribution in [1.29, 1.82) is 0 Å². The predicted octanol–water partition coefficient (Wildman–Crippen LogP) is 2.84. The van der Waals surface area contributed by atoms with Crippen LogP contribution in [0, 0.1) is 5.92 Å². The summed E-state index contributed by atoms with van der Waals surface area (Å²) in [6.07, 6.45) is 5.75. The van der Waals surface area contributed by atoms with E-state index in [0.29, 0.717) is 26.1 Å². The van der Waals surface area contributed by atoms with Crippen molar-refractivity contribution >= 4 is 17.6 Å². The van der Waals surface area contributed by atoms with Crippen LogP contribution in [-0.4, -0.2) is 52.6 Å². The molecule has 2 fully saturated rings. The van der Waals surface area contributed by atoms with Crippen molar-refractivity contribution in [3.05, 3.63) is 0 Å². The molecule has 23 heavy (non-hydrogen) atoms. The van der Waals surface area contributed by atoms with Crippen molar-refractivity contribution in [3.8, 4) is 0 Å². The molecule has 5 heteroatoms. The molecule has 3 rings (SSSR count). The van der Waals surface area contributed by atoms with Crippen LogP contribution in [0.3, 0.4) is 0 Å². The summed E-state index contributed by atoms with van der Waals surface area (Å²) in [7, 11) is 0. The molecule has 0 radical (unpaired) electrons. The SMILES string of the molecule is CC.CCCCC1=NC2(CCN(C(=O)C3CC3)C2)C(=O)N1CC. The summed E-state index contributed by atoms with van der Waals surface area (Å²) in [6, 6.07) is 0. The molecular weight excluding hydrogens is 290 g/mol. The standard InChI is InChI=1S/C16H25N3O2.C2H6/c1-3-5-6-13-17-16(15(21)19(13)4-2)9-10-18(11-16)14(20)12-7-8-12;1-2/h12H,3-11H2,1-2H3;1-2H3. The second-order valence-electron chi connectivity index (χ2n) is 6.50. The van der Waals surface area contributed by atoms with E-state index in [0.717, 1.165) is 37.9 Å². The first kappa shape index (κ1) is 18.0. The number of amides is 2. The lowest BCUT2D eigenvalue weighted by Gasteiger charge is -2.22. The molecule has 2 aliphatic heterocycles. The molecule has 0 N–H and O–H groups in total. The Morgan fingerprint density at radius 2 is 2.00 bits per heavy atom. The minimum Gasteiger partial charge on any atom is -0.339 e. The lowest BCUT2D eigenvalue weighted by Crippen LogP contribution is -2.45. The Labute approximate surface area is 140 Å². The van der Waals surface area contributed by atoms with Crippen LogP contribution in [0.5, 0.6) is 0 Å². The van der Waals surface area contributed by atoms with Crippen molar-refractivity contribution in [1.82, 2.24) is 9.80 Å². The van der Waals surface area contributed by atoms with Crippen molar-refractivity contribution in [3.63, 3.8) is 0 Å². The first-order valence-electron chi connectivity index (χ1n) is 9.31. The van der Waals surface area contributed by atoms with E-state index in [1.807, 2.05) is 30.6 Å². The quantitative estimate of drug-likeness (QED) is 0.782. The fourth-order valence-corrected chi connectivity index (χ4v) is 3.41. The molecule has 2 amide bonds. The van der Waals surface area contributed by atoms with Gasteiger partial charge < -0.3 is 4.90 Å². The monoisotopic (exact) mass is 321 g/mol. The van der Waals surface area contributed by atoms with Gasteiger partial charge in [-0.15, -0.1) is 0 Å². The molecule has 5 nitrogen and oxygen atoms in total. The second kappa shape index (κ2) is 7.45. The maximum absolute atomic E-state index is 12.8. The van der Waals surface area contributed by atoms with Gasteiger partial charge in [0.1, 0.15) is 5.84 Å². The van der Waals surface area contributed by atoms with Crippen molar-refractivity contribution in [2.75, 3.05) is 19.6 Å². The summed E-state index contributed by atoms with van der Waals surface area (Å²) in [5, 5.41) is 0. The number of carbonyl (C=O) groups excluding carboxylic acids is 2. The van der Waals surface area contributed by atoms with Crippen LogP contribution in [0.2, 0.25) is 0 Å². The van der Waals surface area contributed by atoms with Gasteiger partial charge >= 0.3 is 0 Å². The number of likely N-dealkylation sites (N-methyl/N-ethyl adjacent to an activating group) is 1. The van der Waals surface area contributed by atoms with Gasteiger partial charge in [-0.25, -0.2) is 0 Å². The van der Waals surface area contributed by atoms with E-state index in [1.54, 1.807) is 0 Å². The molecule has 0 aromatic carbocycles. The van der Waals surface area contributed by atoms with E-state index in [9.17, 15) is 9.59 Å². The maximum Gasteiger partial charge on any atom is 0.257 e. The Hall–Kier alpha value is -1.39. The molecular formula is C18H31N3O2. The molecule has 130 valence electrons. The number of amidine groups is 1. The van der Waals surface area contributed by atoms with E-state index >= 15 is 0 Å². The summed E-state index contributed by atoms with van der Waals surface area (Å²) in [6.45, 7) is 10.0. The lowest BCUT2D eigenvalue weighted by molar-refractivity contribution is -0.133. The molecule has 1 atom stereocenters. The Bertz CT molecular complexity index is 485. The zero-order valence-electron chi connectivity index (χ0n) is 15.1. The van der Waals surface area contributed by atoms with E-state index < -0.39 is 5.54 Å². The highest BCUT2D eigenvalue weighted by Gasteiger charge is 2.53. The first-order chi connectivity index (χ1) is 11.1. The van der Waals surface area contributed by atoms with E-state index in [2.05, 4.69) is 6.92 Å². The van der Waals surface area contributed by atoms with Crippen LogP contribution >= 0.6 is 0 Å². The van der Waals surface area contributed by atoms with Gasteiger partial charge in [0.15, 0.2) is 5.54 Å². The third-order valence-electron chi connectivity index (χ3n) is 4.85. The highest BCUT2D eigenvalue weighted by molar-refractivity contribution is 6.08. The highest BCUT2D eigenvalue weighted by atomic mass is 16.2. The van der Waals surface area contributed by atoms with Gasteiger partial charge in [-0.1, -0.05) is 27.2 Å². The van der Waals surface area contributed by atoms with Crippen LogP contribution in [0.1, 0.15) is 66.2 Å². The summed E-state index contributed by atoms with van der Waals surface area (Å²) in [4.78, 5) is 33.5. The van der Waals surface area contributed by atoms with Gasteiger partial charge in [-0.3, -0.25) is 19.5 Å². The van der Waals surface area contributed by atoms with Gasteiger partial charge in [-0.2, -0.15) is 0 Å². The molecule has 0 aromatic rings. The lowest BCUT2D eigenvalue weighted by atomic mass is 9.99. The normalized spacial score (nSPS) is 26.4. The van der Waals surface area contributed by atoms with Crippen molar-refractivity contribution in [2.24, 2.45) is 10.9 Å². The van der Waals surface area contributed by atoms with E-state index in [1.165, 1.54) is 0 Å². The molecule has 3 aliphatic rings. The first-order valence-corrected chi connectivity index (χ1v) is 9.31. The number of likely N-dealkylation sites (tertiary alicyclic amines) is 1. The van der Waals surface area contributed by atoms with Crippen LogP contribution in [0.15, 0.2) is 4.99 Å². The van der Waals surface area contributed by atoms with Crippen LogP contribution < -0.4 is 0 Å². The molecule has 1 spiro atoms. The largest absolute Gasteiger partial charge is 0.339 e. The summed E-state index contributed by atoms with van der Waals surface area (Å²) >= 11 is 0. The Kier molecular flexibility index (Phi) is 5.82. The fraction of sp³-hybridized carbons (Fsp3) is 0.833. The zero-order chi connectivity index (χ0) is 17.0. The number of rotatable bonds is 5. The number of aliphatic imine (C=N–C) groups is 1. The van der Waals surface area contributed by atoms with Gasteiger partial charge in [0, 0.05) is 31.8 Å². The zero-order valence-corrected chi connectivity index (χ0v) is 15.1. The Morgan fingerprint density at radius 3 is 2.57 bits per heavy atom. The Morgan fingerprint density at radius 1 is 1.30 bits per heavy atom. The summed E-state index contributed by atoms with van der Waals surface area (Å²) in [5.74, 6) is 1.51. The highest BCUT2D eigenvalue weighted by Crippen LogP contribution is 2.37. The average molecular weight is 321 g/mol. The van der Waals surface area contributed by atoms with Crippen LogP contribution in [0.25, 0.3) is 0 Å². The molecule has 1 saturated carbocycles. The minimum absolute atomic E-state index is 0.113. The molecule has 1 unspecified atom stereocenters. The molecule has 2 heterocycles. The third-order valence-corrected chi connectivity index (χ3v) is 4.85. The van der Waals surface area contributed by atoms with Crippen LogP contribution in [-0.2, 0) is 9.59 Å². The molecule has 1 aliphatic carbocycles. The maximum atomic E-state index is 12.8. The number of hydrogen-bond acceptors (Lipinski definition) is 3. The minimum atomic E-state index is -0.663. The van der Waals surface area contributed by atoms with Crippen molar-refractivity contribution in [2.45, 2.75) is 71.8 Å². The number of nitrogens with zero attached hydrogens (tertiary/aromatic N) is 3. The molecule has 0 bridgehead atoms. The number of carbonyl (C=O) groups is 2. The van der Waals surface area contributed by atoms with Gasteiger partial charge in [0.05, 0.1) is 6.54 Å². The predicted molar refractivity (Wildman–Crippen MR) is 92.3 cm³/mol. The summed E-state index contributed by atoms with van der Waals surface area (Å²) < 4.78 is 0. The van der Waals surface area contributed by atoms with E-state index in [-0.39, 0.29) is 17.7 Å². The Balaban J connectivity index is 0.000000924. The molecule has 1 saturated heterocycles. The number of unbranched alkanes of at least 4 members (excludes halogenated alkanes) is 1. The topological polar surface area (TPSA) is 53.0 Å². The smallest absolute Gasteiger partial charge is 0.257 e. The van der Waals surface area contributed by atoms with Gasteiger partial charge in [0.25, 0.3) is 5.91 Å². The van der Waals surface area contributed by atoms with Gasteiger partial charge in [0.2, 0.25) is 5.91 Å². The fourth-order valence-electron chi connectivity index (χ4n) is 3.41. The molecule has 0 aromatic heterocycles. The van der Waals surface area contributed by atoms with Crippen LogP contribution in [0.4, 0.5) is 0 Å². The number of hydrogen-bond donors (Lipinski definition) is 0. The van der Waals surface area contributed by atoms with E-state index in [4.69, 9.17) is 4.99 Å². The van der Waals surface area contributed by atoms with Crippen molar-refractivity contribution < 1.29 is 9.59 Å². The van der Waals surface area contributed by atoms with Gasteiger partial charge in [-0.05, 0) is 26.2 Å². The summed E-state index contributed by atoms with van der Waals surface area (Å²) in [5.41, 5.74) is -0.663.